The van der Waals surface area contributed by atoms with Crippen molar-refractivity contribution < 1.29 is 13.7 Å². The Balaban J connectivity index is 1.86. The van der Waals surface area contributed by atoms with Crippen LogP contribution in [0, 0.1) is 5.41 Å². The van der Waals surface area contributed by atoms with Crippen molar-refractivity contribution in [1.82, 2.24) is 0 Å². The molecule has 2 saturated heterocycles. The van der Waals surface area contributed by atoms with Crippen LogP contribution in [-0.2, 0) is 19.2 Å². The summed E-state index contributed by atoms with van der Waals surface area (Å²) >= 11 is 0. The quantitative estimate of drug-likeness (QED) is 0.785. The average molecular weight is 289 g/mol. The van der Waals surface area contributed by atoms with Gasteiger partial charge in [-0.1, -0.05) is 27.2 Å². The van der Waals surface area contributed by atoms with E-state index in [1.807, 2.05) is 0 Å². The molecule has 4 nitrogen and oxygen atoms in total. The van der Waals surface area contributed by atoms with E-state index in [9.17, 15) is 4.21 Å². The van der Waals surface area contributed by atoms with Gasteiger partial charge in [-0.15, -0.1) is 0 Å². The summed E-state index contributed by atoms with van der Waals surface area (Å²) < 4.78 is 28.5. The number of hydrogen-bond donors (Lipinski definition) is 0. The first-order chi connectivity index (χ1) is 8.86. The lowest BCUT2D eigenvalue weighted by Crippen LogP contribution is -2.37. The highest BCUT2D eigenvalue weighted by atomic mass is 32.2. The fourth-order valence-electron chi connectivity index (χ4n) is 2.65. The van der Waals surface area contributed by atoms with Crippen LogP contribution >= 0.6 is 0 Å². The molecule has 19 heavy (non-hydrogen) atoms. The Hall–Kier alpha value is -0.130. The van der Waals surface area contributed by atoms with Crippen LogP contribution in [0.15, 0.2) is 4.36 Å². The van der Waals surface area contributed by atoms with Gasteiger partial charge in [0, 0.05) is 21.2 Å². The van der Waals surface area contributed by atoms with Gasteiger partial charge in [0.2, 0.25) is 0 Å². The molecule has 2 rings (SSSR count). The highest BCUT2D eigenvalue weighted by molar-refractivity contribution is 7.93. The molecule has 0 saturated carbocycles. The second kappa shape index (κ2) is 6.10. The van der Waals surface area contributed by atoms with Crippen LogP contribution in [0.4, 0.5) is 0 Å². The number of hydrogen-bond acceptors (Lipinski definition) is 4. The smallest absolute Gasteiger partial charge is 0.180 e. The molecule has 0 aromatic rings. The van der Waals surface area contributed by atoms with Crippen LogP contribution in [0.2, 0.25) is 0 Å². The highest BCUT2D eigenvalue weighted by Crippen LogP contribution is 2.25. The van der Waals surface area contributed by atoms with Crippen molar-refractivity contribution in [3.63, 3.8) is 0 Å². The van der Waals surface area contributed by atoms with Crippen LogP contribution in [0.25, 0.3) is 0 Å². The Morgan fingerprint density at radius 1 is 1.11 bits per heavy atom. The highest BCUT2D eigenvalue weighted by Gasteiger charge is 2.27. The molecule has 0 spiro atoms. The molecule has 0 aromatic carbocycles. The maximum Gasteiger partial charge on any atom is 0.180 e. The van der Waals surface area contributed by atoms with E-state index in [-0.39, 0.29) is 17.7 Å². The zero-order valence-electron chi connectivity index (χ0n) is 12.4. The first-order valence-electron chi connectivity index (χ1n) is 7.31. The number of ether oxygens (including phenoxy) is 2. The van der Waals surface area contributed by atoms with Crippen molar-refractivity contribution in [3.8, 4) is 0 Å². The Bertz CT molecular complexity index is 387. The molecule has 0 amide bonds. The van der Waals surface area contributed by atoms with Gasteiger partial charge >= 0.3 is 0 Å². The summed E-state index contributed by atoms with van der Waals surface area (Å²) in [6.45, 7) is 7.63. The molecule has 2 aliphatic heterocycles. The molecule has 0 aromatic heterocycles. The molecule has 2 fully saturated rings. The van der Waals surface area contributed by atoms with Gasteiger partial charge in [0.25, 0.3) is 0 Å². The van der Waals surface area contributed by atoms with E-state index < -0.39 is 9.73 Å². The van der Waals surface area contributed by atoms with Crippen molar-refractivity contribution in [2.24, 2.45) is 9.78 Å². The largest absolute Gasteiger partial charge is 0.371 e. The fraction of sp³-hybridized carbons (Fsp3) is 1.00. The zero-order valence-corrected chi connectivity index (χ0v) is 13.2. The summed E-state index contributed by atoms with van der Waals surface area (Å²) in [5.41, 5.74) is 0.242. The van der Waals surface area contributed by atoms with E-state index >= 15 is 0 Å². The molecule has 0 bridgehead atoms. The summed E-state index contributed by atoms with van der Waals surface area (Å²) in [5.74, 6) is 1.47. The fourth-order valence-corrected chi connectivity index (χ4v) is 4.92. The van der Waals surface area contributed by atoms with Gasteiger partial charge in [0.1, 0.15) is 0 Å². The van der Waals surface area contributed by atoms with Crippen molar-refractivity contribution in [2.75, 3.05) is 24.7 Å². The lowest BCUT2D eigenvalue weighted by atomic mass is 9.89. The van der Waals surface area contributed by atoms with E-state index in [2.05, 4.69) is 25.1 Å². The second-order valence-electron chi connectivity index (χ2n) is 6.85. The molecule has 2 aliphatic rings. The van der Waals surface area contributed by atoms with Gasteiger partial charge in [0.05, 0.1) is 19.3 Å². The topological polar surface area (TPSA) is 47.9 Å². The van der Waals surface area contributed by atoms with Crippen molar-refractivity contribution in [1.29, 1.82) is 0 Å². The van der Waals surface area contributed by atoms with Gasteiger partial charge in [-0.25, -0.2) is 8.57 Å². The zero-order chi connectivity index (χ0) is 13.9. The van der Waals surface area contributed by atoms with E-state index in [0.717, 1.165) is 30.8 Å². The Morgan fingerprint density at radius 3 is 2.32 bits per heavy atom. The predicted molar refractivity (Wildman–Crippen MR) is 77.7 cm³/mol. The number of nitrogens with zero attached hydrogens (tertiary/aromatic N) is 1. The molecule has 112 valence electrons. The second-order valence-corrected chi connectivity index (χ2v) is 9.43. The van der Waals surface area contributed by atoms with Gasteiger partial charge in [-0.05, 0) is 24.7 Å². The lowest BCUT2D eigenvalue weighted by Gasteiger charge is -2.32. The van der Waals surface area contributed by atoms with E-state index in [1.165, 1.54) is 6.42 Å². The summed E-state index contributed by atoms with van der Waals surface area (Å²) in [7, 11) is -2.02. The maximum absolute atomic E-state index is 12.5. The molecule has 0 aliphatic carbocycles. The average Bonchev–Trinajstić information content (AvgIpc) is 2.30. The van der Waals surface area contributed by atoms with Gasteiger partial charge < -0.3 is 9.47 Å². The summed E-state index contributed by atoms with van der Waals surface area (Å²) in [5, 5.41) is 0. The van der Waals surface area contributed by atoms with Gasteiger partial charge in [0.15, 0.2) is 6.23 Å². The molecule has 0 N–H and O–H groups in total. The Morgan fingerprint density at radius 2 is 1.79 bits per heavy atom. The van der Waals surface area contributed by atoms with Crippen LogP contribution in [-0.4, -0.2) is 41.3 Å². The minimum atomic E-state index is -2.02. The van der Waals surface area contributed by atoms with Gasteiger partial charge in [-0.2, -0.15) is 0 Å². The first-order valence-corrected chi connectivity index (χ1v) is 9.17. The molecule has 5 heteroatoms. The van der Waals surface area contributed by atoms with E-state index in [1.54, 1.807) is 0 Å². The van der Waals surface area contributed by atoms with Crippen LogP contribution < -0.4 is 0 Å². The first kappa shape index (κ1) is 15.3. The van der Waals surface area contributed by atoms with E-state index in [0.29, 0.717) is 13.2 Å². The van der Waals surface area contributed by atoms with Crippen LogP contribution in [0.3, 0.4) is 0 Å². The molecule has 2 heterocycles. The number of rotatable bonds is 2. The summed E-state index contributed by atoms with van der Waals surface area (Å²) in [6, 6.07) is 0. The third-order valence-electron chi connectivity index (χ3n) is 3.53. The normalized spacial score (nSPS) is 31.9. The molecule has 2 unspecified atom stereocenters. The van der Waals surface area contributed by atoms with E-state index in [4.69, 9.17) is 9.47 Å². The Labute approximate surface area is 117 Å². The third-order valence-corrected chi connectivity index (χ3v) is 6.00. The van der Waals surface area contributed by atoms with Crippen LogP contribution in [0.5, 0.6) is 0 Å². The van der Waals surface area contributed by atoms with Crippen molar-refractivity contribution >= 4 is 9.73 Å². The van der Waals surface area contributed by atoms with Crippen molar-refractivity contribution in [3.05, 3.63) is 0 Å². The molecule has 2 atom stereocenters. The minimum Gasteiger partial charge on any atom is -0.371 e. The molecule has 0 radical (unpaired) electrons. The summed E-state index contributed by atoms with van der Waals surface area (Å²) in [6.07, 6.45) is 4.06. The molecular formula is C14H27NO3S. The Kier molecular flexibility index (Phi) is 4.90. The lowest BCUT2D eigenvalue weighted by molar-refractivity contribution is -0.138. The van der Waals surface area contributed by atoms with Crippen LogP contribution in [0.1, 0.15) is 46.5 Å². The third kappa shape index (κ3) is 5.04. The monoisotopic (exact) mass is 289 g/mol. The summed E-state index contributed by atoms with van der Waals surface area (Å²) in [4.78, 5) is 0. The maximum atomic E-state index is 12.5. The minimum absolute atomic E-state index is 0.149. The van der Waals surface area contributed by atoms with Crippen molar-refractivity contribution in [2.45, 2.75) is 58.8 Å². The predicted octanol–water partition coefficient (Wildman–Crippen LogP) is 2.82. The van der Waals surface area contributed by atoms with Gasteiger partial charge in [-0.3, -0.25) is 0 Å². The standard InChI is InChI=1S/C14H27NO3S/c1-14(2,3)9-12-10-18-13(11-17-12)15-19(16)7-5-4-6-8-19/h12-13H,4-11H2,1-3H3. The SMILES string of the molecule is CC(C)(C)CC1COC(N=S2(=O)CCCCC2)CO1. The molecular weight excluding hydrogens is 262 g/mol.